The summed E-state index contributed by atoms with van der Waals surface area (Å²) in [5.41, 5.74) is 7.23. The maximum absolute atomic E-state index is 7.54. The van der Waals surface area contributed by atoms with Crippen LogP contribution in [-0.2, 0) is 11.3 Å². The van der Waals surface area contributed by atoms with Crippen molar-refractivity contribution >= 4 is 5.84 Å². The zero-order valence-corrected chi connectivity index (χ0v) is 13.0. The first-order valence-corrected chi connectivity index (χ1v) is 7.77. The number of nitrogens with two attached hydrogens (primary N) is 1. The molecule has 2 unspecified atom stereocenters. The molecule has 0 radical (unpaired) electrons. The van der Waals surface area contributed by atoms with E-state index in [2.05, 4.69) is 6.92 Å². The van der Waals surface area contributed by atoms with Crippen molar-refractivity contribution < 1.29 is 9.47 Å². The fourth-order valence-electron chi connectivity index (χ4n) is 3.03. The van der Waals surface area contributed by atoms with E-state index in [0.29, 0.717) is 18.3 Å². The monoisotopic (exact) mass is 290 g/mol. The fraction of sp³-hybridized carbons (Fsp3) is 0.588. The molecule has 2 rings (SSSR count). The van der Waals surface area contributed by atoms with Gasteiger partial charge in [0.2, 0.25) is 0 Å². The van der Waals surface area contributed by atoms with Crippen LogP contribution in [0, 0.1) is 11.3 Å². The molecule has 21 heavy (non-hydrogen) atoms. The average Bonchev–Trinajstić information content (AvgIpc) is 2.52. The lowest BCUT2D eigenvalue weighted by Gasteiger charge is -2.28. The van der Waals surface area contributed by atoms with Crippen molar-refractivity contribution in [2.45, 2.75) is 51.7 Å². The van der Waals surface area contributed by atoms with E-state index < -0.39 is 0 Å². The smallest absolute Gasteiger partial charge is 0.124 e. The Hall–Kier alpha value is -1.55. The number of nitrogen functional groups attached to an aromatic ring is 1. The van der Waals surface area contributed by atoms with E-state index in [-0.39, 0.29) is 5.84 Å². The van der Waals surface area contributed by atoms with Gasteiger partial charge in [-0.25, -0.2) is 0 Å². The van der Waals surface area contributed by atoms with Crippen LogP contribution in [0.25, 0.3) is 0 Å². The second kappa shape index (κ2) is 7.46. The highest BCUT2D eigenvalue weighted by atomic mass is 16.5. The molecule has 1 aromatic carbocycles. The number of methoxy groups -OCH3 is 1. The molecule has 1 saturated carbocycles. The Morgan fingerprint density at radius 1 is 1.38 bits per heavy atom. The van der Waals surface area contributed by atoms with E-state index in [1.54, 1.807) is 13.2 Å². The summed E-state index contributed by atoms with van der Waals surface area (Å²) in [4.78, 5) is 0. The van der Waals surface area contributed by atoms with Crippen molar-refractivity contribution in [3.63, 3.8) is 0 Å². The Bertz CT molecular complexity index is 488. The zero-order chi connectivity index (χ0) is 15.2. The summed E-state index contributed by atoms with van der Waals surface area (Å²) in [6, 6.07) is 5.55. The van der Waals surface area contributed by atoms with Crippen LogP contribution in [0.4, 0.5) is 0 Å². The van der Waals surface area contributed by atoms with Crippen LogP contribution in [0.2, 0.25) is 0 Å². The third-order valence-corrected chi connectivity index (χ3v) is 4.38. The van der Waals surface area contributed by atoms with E-state index in [9.17, 15) is 0 Å². The van der Waals surface area contributed by atoms with E-state index in [1.165, 1.54) is 19.3 Å². The van der Waals surface area contributed by atoms with Crippen molar-refractivity contribution in [1.29, 1.82) is 5.41 Å². The Balaban J connectivity index is 2.01. The number of hydrogen-bond acceptors (Lipinski definition) is 3. The number of amidine groups is 1. The van der Waals surface area contributed by atoms with Gasteiger partial charge in [0.05, 0.1) is 19.8 Å². The van der Waals surface area contributed by atoms with Gasteiger partial charge < -0.3 is 15.2 Å². The lowest BCUT2D eigenvalue weighted by molar-refractivity contribution is 0.00107. The van der Waals surface area contributed by atoms with E-state index >= 15 is 0 Å². The molecule has 0 aromatic heterocycles. The molecule has 0 bridgehead atoms. The minimum atomic E-state index is 0.0719. The molecule has 1 fully saturated rings. The maximum Gasteiger partial charge on any atom is 0.124 e. The zero-order valence-electron chi connectivity index (χ0n) is 13.0. The normalized spacial score (nSPS) is 22.0. The number of benzene rings is 1. The van der Waals surface area contributed by atoms with Crippen LogP contribution in [0.3, 0.4) is 0 Å². The Kier molecular flexibility index (Phi) is 5.62. The molecule has 4 heteroatoms. The van der Waals surface area contributed by atoms with Crippen LogP contribution in [0.1, 0.15) is 50.2 Å². The molecule has 2 atom stereocenters. The minimum absolute atomic E-state index is 0.0719. The molecule has 3 N–H and O–H groups in total. The SMILES string of the molecule is CCC1CCCC(OCc2cc(C(=N)N)ccc2OC)C1. The maximum atomic E-state index is 7.54. The number of nitrogens with one attached hydrogen (secondary N) is 1. The van der Waals surface area contributed by atoms with Gasteiger partial charge >= 0.3 is 0 Å². The topological polar surface area (TPSA) is 68.3 Å². The van der Waals surface area contributed by atoms with Gasteiger partial charge in [-0.1, -0.05) is 26.2 Å². The van der Waals surface area contributed by atoms with Gasteiger partial charge in [-0.15, -0.1) is 0 Å². The van der Waals surface area contributed by atoms with Crippen LogP contribution < -0.4 is 10.5 Å². The summed E-state index contributed by atoms with van der Waals surface area (Å²) < 4.78 is 11.5. The van der Waals surface area contributed by atoms with Crippen molar-refractivity contribution in [1.82, 2.24) is 0 Å². The van der Waals surface area contributed by atoms with Gasteiger partial charge in [-0.3, -0.25) is 5.41 Å². The summed E-state index contributed by atoms with van der Waals surface area (Å²) in [5, 5.41) is 7.54. The quantitative estimate of drug-likeness (QED) is 0.622. The molecule has 116 valence electrons. The molecule has 0 spiro atoms. The van der Waals surface area contributed by atoms with E-state index in [4.69, 9.17) is 20.6 Å². The highest BCUT2D eigenvalue weighted by molar-refractivity contribution is 5.95. The van der Waals surface area contributed by atoms with Crippen molar-refractivity contribution in [3.05, 3.63) is 29.3 Å². The third kappa shape index (κ3) is 4.21. The first-order chi connectivity index (χ1) is 10.1. The fourth-order valence-corrected chi connectivity index (χ4v) is 3.03. The number of ether oxygens (including phenoxy) is 2. The summed E-state index contributed by atoms with van der Waals surface area (Å²) >= 11 is 0. The molecule has 0 saturated heterocycles. The Morgan fingerprint density at radius 2 is 2.19 bits per heavy atom. The first kappa shape index (κ1) is 15.8. The molecule has 4 nitrogen and oxygen atoms in total. The summed E-state index contributed by atoms with van der Waals surface area (Å²) in [6.45, 7) is 2.78. The predicted octanol–water partition coefficient (Wildman–Crippen LogP) is 3.46. The van der Waals surface area contributed by atoms with Gasteiger partial charge in [-0.05, 0) is 37.0 Å². The van der Waals surface area contributed by atoms with Crippen LogP contribution in [0.15, 0.2) is 18.2 Å². The molecule has 1 aromatic rings. The van der Waals surface area contributed by atoms with Gasteiger partial charge in [0, 0.05) is 11.1 Å². The lowest BCUT2D eigenvalue weighted by Crippen LogP contribution is -2.22. The lowest BCUT2D eigenvalue weighted by atomic mass is 9.85. The Morgan fingerprint density at radius 3 is 2.86 bits per heavy atom. The van der Waals surface area contributed by atoms with E-state index in [1.807, 2.05) is 12.1 Å². The average molecular weight is 290 g/mol. The molecule has 0 amide bonds. The molecule has 0 aliphatic heterocycles. The second-order valence-corrected chi connectivity index (χ2v) is 5.81. The highest BCUT2D eigenvalue weighted by Gasteiger charge is 2.21. The largest absolute Gasteiger partial charge is 0.496 e. The Labute approximate surface area is 127 Å². The van der Waals surface area contributed by atoms with Crippen molar-refractivity contribution in [2.75, 3.05) is 7.11 Å². The van der Waals surface area contributed by atoms with E-state index in [0.717, 1.165) is 30.1 Å². The summed E-state index contributed by atoms with van der Waals surface area (Å²) in [5.74, 6) is 1.67. The molecule has 0 heterocycles. The van der Waals surface area contributed by atoms with Crippen molar-refractivity contribution in [2.24, 2.45) is 11.7 Å². The molecular weight excluding hydrogens is 264 g/mol. The van der Waals surface area contributed by atoms with Crippen LogP contribution in [-0.4, -0.2) is 19.0 Å². The highest BCUT2D eigenvalue weighted by Crippen LogP contribution is 2.30. The third-order valence-electron chi connectivity index (χ3n) is 4.38. The van der Waals surface area contributed by atoms with Gasteiger partial charge in [0.15, 0.2) is 0 Å². The van der Waals surface area contributed by atoms with Crippen molar-refractivity contribution in [3.8, 4) is 5.75 Å². The minimum Gasteiger partial charge on any atom is -0.496 e. The standard InChI is InChI=1S/C17H26N2O2/c1-3-12-5-4-6-15(9-12)21-11-14-10-13(17(18)19)7-8-16(14)20-2/h7-8,10,12,15H,3-6,9,11H2,1-2H3,(H3,18,19). The number of rotatable bonds is 6. The molecule has 1 aliphatic carbocycles. The molecule has 1 aliphatic rings. The van der Waals surface area contributed by atoms with Crippen LogP contribution >= 0.6 is 0 Å². The van der Waals surface area contributed by atoms with Gasteiger partial charge in [0.25, 0.3) is 0 Å². The second-order valence-electron chi connectivity index (χ2n) is 5.81. The first-order valence-electron chi connectivity index (χ1n) is 7.77. The van der Waals surface area contributed by atoms with Gasteiger partial charge in [0.1, 0.15) is 11.6 Å². The van der Waals surface area contributed by atoms with Gasteiger partial charge in [-0.2, -0.15) is 0 Å². The summed E-state index contributed by atoms with van der Waals surface area (Å²) in [7, 11) is 1.65. The number of hydrogen-bond donors (Lipinski definition) is 2. The summed E-state index contributed by atoms with van der Waals surface area (Å²) in [6.07, 6.45) is 6.47. The van der Waals surface area contributed by atoms with Crippen LogP contribution in [0.5, 0.6) is 5.75 Å². The molecular formula is C17H26N2O2. The predicted molar refractivity (Wildman–Crippen MR) is 84.8 cm³/mol.